The minimum absolute atomic E-state index is 0.0656. The second-order valence-electron chi connectivity index (χ2n) is 3.64. The molecular weight excluding hydrogens is 318 g/mol. The van der Waals surface area contributed by atoms with Gasteiger partial charge in [0.25, 0.3) is 0 Å². The number of imidazole rings is 1. The van der Waals surface area contributed by atoms with Crippen molar-refractivity contribution in [1.82, 2.24) is 9.55 Å². The average Bonchev–Trinajstić information content (AvgIpc) is 2.73. The SMILES string of the molecule is COc1ccc(Oc2c([N+](=O)[O-])ncn2C)c(Br)c1. The first-order valence-corrected chi connectivity index (χ1v) is 5.99. The average molecular weight is 328 g/mol. The van der Waals surface area contributed by atoms with Crippen LogP contribution >= 0.6 is 15.9 Å². The van der Waals surface area contributed by atoms with Gasteiger partial charge in [-0.05, 0) is 44.0 Å². The van der Waals surface area contributed by atoms with Crippen LogP contribution < -0.4 is 9.47 Å². The molecule has 0 unspecified atom stereocenters. The zero-order valence-corrected chi connectivity index (χ0v) is 11.7. The van der Waals surface area contributed by atoms with Crippen LogP contribution in [0.15, 0.2) is 29.0 Å². The Bertz CT molecular complexity index is 626. The van der Waals surface area contributed by atoms with Crippen LogP contribution in [0.3, 0.4) is 0 Å². The Balaban J connectivity index is 2.36. The van der Waals surface area contributed by atoms with Crippen LogP contribution in [0.1, 0.15) is 0 Å². The molecule has 0 N–H and O–H groups in total. The van der Waals surface area contributed by atoms with Crippen molar-refractivity contribution in [2.45, 2.75) is 0 Å². The summed E-state index contributed by atoms with van der Waals surface area (Å²) >= 11 is 3.32. The lowest BCUT2D eigenvalue weighted by atomic mass is 10.3. The largest absolute Gasteiger partial charge is 0.497 e. The van der Waals surface area contributed by atoms with Crippen molar-refractivity contribution in [1.29, 1.82) is 0 Å². The highest BCUT2D eigenvalue weighted by atomic mass is 79.9. The molecule has 0 aliphatic rings. The van der Waals surface area contributed by atoms with Gasteiger partial charge in [0.1, 0.15) is 11.5 Å². The summed E-state index contributed by atoms with van der Waals surface area (Å²) in [6.45, 7) is 0. The highest BCUT2D eigenvalue weighted by Gasteiger charge is 2.23. The fourth-order valence-corrected chi connectivity index (χ4v) is 1.88. The van der Waals surface area contributed by atoms with E-state index >= 15 is 0 Å². The second-order valence-corrected chi connectivity index (χ2v) is 4.49. The minimum atomic E-state index is -0.591. The highest BCUT2D eigenvalue weighted by molar-refractivity contribution is 9.10. The zero-order valence-electron chi connectivity index (χ0n) is 10.2. The van der Waals surface area contributed by atoms with Crippen LogP contribution in [-0.4, -0.2) is 21.6 Å². The first-order chi connectivity index (χ1) is 9.02. The van der Waals surface area contributed by atoms with E-state index in [1.165, 1.54) is 10.9 Å². The summed E-state index contributed by atoms with van der Waals surface area (Å²) in [4.78, 5) is 13.9. The van der Waals surface area contributed by atoms with Crippen LogP contribution in [0, 0.1) is 10.1 Å². The predicted octanol–water partition coefficient (Wildman–Crippen LogP) is 2.89. The van der Waals surface area contributed by atoms with Crippen molar-refractivity contribution in [2.24, 2.45) is 7.05 Å². The number of ether oxygens (including phenoxy) is 2. The smallest absolute Gasteiger partial charge is 0.427 e. The molecule has 8 heteroatoms. The molecule has 0 saturated carbocycles. The Morgan fingerprint density at radius 3 is 2.79 bits per heavy atom. The van der Waals surface area contributed by atoms with Gasteiger partial charge in [-0.1, -0.05) is 0 Å². The van der Waals surface area contributed by atoms with Crippen LogP contribution in [0.5, 0.6) is 17.4 Å². The number of nitrogens with zero attached hydrogens (tertiary/aromatic N) is 3. The number of aryl methyl sites for hydroxylation is 1. The zero-order chi connectivity index (χ0) is 14.0. The van der Waals surface area contributed by atoms with Crippen LogP contribution in [0.4, 0.5) is 5.82 Å². The predicted molar refractivity (Wildman–Crippen MR) is 70.6 cm³/mol. The molecule has 100 valence electrons. The molecule has 1 heterocycles. The molecule has 1 aromatic carbocycles. The van der Waals surface area contributed by atoms with Gasteiger partial charge in [0.05, 0.1) is 11.6 Å². The van der Waals surface area contributed by atoms with E-state index < -0.39 is 4.92 Å². The summed E-state index contributed by atoms with van der Waals surface area (Å²) in [6, 6.07) is 5.06. The van der Waals surface area contributed by atoms with Crippen molar-refractivity contribution >= 4 is 21.7 Å². The van der Waals surface area contributed by atoms with E-state index in [4.69, 9.17) is 9.47 Å². The third-order valence-electron chi connectivity index (χ3n) is 2.38. The number of rotatable bonds is 4. The topological polar surface area (TPSA) is 79.4 Å². The van der Waals surface area contributed by atoms with E-state index in [9.17, 15) is 10.1 Å². The van der Waals surface area contributed by atoms with Gasteiger partial charge in [-0.3, -0.25) is 4.57 Å². The van der Waals surface area contributed by atoms with Gasteiger partial charge in [0.15, 0.2) is 0 Å². The van der Waals surface area contributed by atoms with Crippen molar-refractivity contribution < 1.29 is 14.4 Å². The summed E-state index contributed by atoms with van der Waals surface area (Å²) in [6.07, 6.45) is 1.32. The number of hydrogen-bond acceptors (Lipinski definition) is 5. The van der Waals surface area contributed by atoms with E-state index in [1.807, 2.05) is 0 Å². The van der Waals surface area contributed by atoms with Gasteiger partial charge < -0.3 is 19.6 Å². The summed E-state index contributed by atoms with van der Waals surface area (Å²) in [5.41, 5.74) is 0. The lowest BCUT2D eigenvalue weighted by molar-refractivity contribution is -0.390. The van der Waals surface area contributed by atoms with Crippen molar-refractivity contribution in [3.63, 3.8) is 0 Å². The molecule has 0 aliphatic heterocycles. The first kappa shape index (κ1) is 13.3. The number of benzene rings is 1. The summed E-state index contributed by atoms with van der Waals surface area (Å²) in [5.74, 6) is 0.826. The highest BCUT2D eigenvalue weighted by Crippen LogP contribution is 2.35. The molecule has 2 aromatic rings. The van der Waals surface area contributed by atoms with Gasteiger partial charge in [-0.15, -0.1) is 0 Å². The van der Waals surface area contributed by atoms with E-state index in [0.717, 1.165) is 0 Å². The van der Waals surface area contributed by atoms with Gasteiger partial charge in [-0.2, -0.15) is 0 Å². The number of nitro groups is 1. The number of methoxy groups -OCH3 is 1. The van der Waals surface area contributed by atoms with Gasteiger partial charge in [-0.25, -0.2) is 0 Å². The molecule has 0 radical (unpaired) electrons. The lowest BCUT2D eigenvalue weighted by Crippen LogP contribution is -1.97. The number of halogens is 1. The Morgan fingerprint density at radius 1 is 1.47 bits per heavy atom. The van der Waals surface area contributed by atoms with Crippen LogP contribution in [0.2, 0.25) is 0 Å². The number of hydrogen-bond donors (Lipinski definition) is 0. The maximum atomic E-state index is 10.8. The van der Waals surface area contributed by atoms with Crippen LogP contribution in [-0.2, 0) is 7.05 Å². The summed E-state index contributed by atoms with van der Waals surface area (Å²) < 4.78 is 12.7. The third-order valence-corrected chi connectivity index (χ3v) is 3.00. The molecule has 0 fully saturated rings. The standard InChI is InChI=1S/C11H10BrN3O4/c1-14-6-13-10(15(16)17)11(14)19-9-4-3-7(18-2)5-8(9)12/h3-6H,1-2H3. The molecule has 19 heavy (non-hydrogen) atoms. The molecule has 0 amide bonds. The third kappa shape index (κ3) is 2.68. The quantitative estimate of drug-likeness (QED) is 0.637. The van der Waals surface area contributed by atoms with E-state index in [1.54, 1.807) is 32.4 Å². The molecule has 0 spiro atoms. The Kier molecular flexibility index (Phi) is 3.70. The van der Waals surface area contributed by atoms with E-state index in [-0.39, 0.29) is 11.7 Å². The molecular formula is C11H10BrN3O4. The van der Waals surface area contributed by atoms with Gasteiger partial charge in [0.2, 0.25) is 6.33 Å². The molecule has 7 nitrogen and oxygen atoms in total. The Morgan fingerprint density at radius 2 is 2.21 bits per heavy atom. The summed E-state index contributed by atoms with van der Waals surface area (Å²) in [7, 11) is 3.17. The molecule has 0 aliphatic carbocycles. The fourth-order valence-electron chi connectivity index (χ4n) is 1.45. The molecule has 0 atom stereocenters. The molecule has 1 aromatic heterocycles. The molecule has 0 bridgehead atoms. The van der Waals surface area contributed by atoms with Crippen molar-refractivity contribution in [2.75, 3.05) is 7.11 Å². The van der Waals surface area contributed by atoms with E-state index in [2.05, 4.69) is 20.9 Å². The first-order valence-electron chi connectivity index (χ1n) is 5.20. The van der Waals surface area contributed by atoms with Crippen LogP contribution in [0.25, 0.3) is 0 Å². The maximum Gasteiger partial charge on any atom is 0.427 e. The summed E-state index contributed by atoms with van der Waals surface area (Å²) in [5, 5.41) is 10.8. The lowest BCUT2D eigenvalue weighted by Gasteiger charge is -2.08. The number of aromatic nitrogens is 2. The van der Waals surface area contributed by atoms with Crippen molar-refractivity contribution in [3.05, 3.63) is 39.1 Å². The molecule has 0 saturated heterocycles. The molecule has 2 rings (SSSR count). The Labute approximate surface area is 117 Å². The monoisotopic (exact) mass is 327 g/mol. The van der Waals surface area contributed by atoms with Gasteiger partial charge >= 0.3 is 11.7 Å². The fraction of sp³-hybridized carbons (Fsp3) is 0.182. The maximum absolute atomic E-state index is 10.8. The van der Waals surface area contributed by atoms with E-state index in [0.29, 0.717) is 16.0 Å². The van der Waals surface area contributed by atoms with Crippen molar-refractivity contribution in [3.8, 4) is 17.4 Å². The van der Waals surface area contributed by atoms with Gasteiger partial charge in [0, 0.05) is 7.05 Å². The Hall–Kier alpha value is -2.09. The minimum Gasteiger partial charge on any atom is -0.497 e. The normalized spacial score (nSPS) is 10.3. The second kappa shape index (κ2) is 5.27.